The number of carboxylic acid groups (broad SMARTS) is 1. The summed E-state index contributed by atoms with van der Waals surface area (Å²) in [5.41, 5.74) is 5.10. The number of benzene rings is 1. The average molecular weight is 379 g/mol. The van der Waals surface area contributed by atoms with E-state index in [0.29, 0.717) is 31.7 Å². The maximum absolute atomic E-state index is 12.8. The lowest BCUT2D eigenvalue weighted by Gasteiger charge is -2.29. The highest BCUT2D eigenvalue weighted by molar-refractivity contribution is 5.88. The molecule has 1 N–H and O–H groups in total. The third-order valence-corrected chi connectivity index (χ3v) is 5.40. The highest BCUT2D eigenvalue weighted by Crippen LogP contribution is 2.22. The van der Waals surface area contributed by atoms with Gasteiger partial charge in [0, 0.05) is 30.9 Å². The average Bonchev–Trinajstić information content (AvgIpc) is 3.15. The fourth-order valence-electron chi connectivity index (χ4n) is 3.81. The number of rotatable bonds is 4. The summed E-state index contributed by atoms with van der Waals surface area (Å²) in [5, 5.41) is 13.4. The Labute approximate surface area is 161 Å². The van der Waals surface area contributed by atoms with Crippen LogP contribution < -0.4 is 0 Å². The molecule has 8 nitrogen and oxygen atoms in total. The molecular formula is C20H21N5O3. The van der Waals surface area contributed by atoms with E-state index in [0.717, 1.165) is 34.5 Å². The zero-order chi connectivity index (χ0) is 19.8. The quantitative estimate of drug-likeness (QED) is 0.744. The Morgan fingerprint density at radius 3 is 2.82 bits per heavy atom. The van der Waals surface area contributed by atoms with E-state index in [1.165, 1.54) is 6.33 Å². The smallest absolute Gasteiger partial charge is 0.335 e. The van der Waals surface area contributed by atoms with Gasteiger partial charge < -0.3 is 10.0 Å². The van der Waals surface area contributed by atoms with Gasteiger partial charge in [0.15, 0.2) is 0 Å². The SMILES string of the molecule is Cc1nc2ncnn2c(C)c1CCC(=O)N1CCc2ccc(C(=O)O)cc2C1. The summed E-state index contributed by atoms with van der Waals surface area (Å²) < 4.78 is 1.69. The van der Waals surface area contributed by atoms with Gasteiger partial charge >= 0.3 is 5.97 Å². The Balaban J connectivity index is 1.48. The number of fused-ring (bicyclic) bond motifs is 2. The van der Waals surface area contributed by atoms with E-state index in [1.54, 1.807) is 21.5 Å². The molecule has 0 radical (unpaired) electrons. The third-order valence-electron chi connectivity index (χ3n) is 5.40. The van der Waals surface area contributed by atoms with Crippen LogP contribution in [-0.2, 0) is 24.2 Å². The van der Waals surface area contributed by atoms with E-state index in [2.05, 4.69) is 15.1 Å². The molecule has 1 aliphatic rings. The fraction of sp³-hybridized carbons (Fsp3) is 0.350. The van der Waals surface area contributed by atoms with Crippen molar-refractivity contribution < 1.29 is 14.7 Å². The van der Waals surface area contributed by atoms with Crippen LogP contribution in [-0.4, -0.2) is 48.0 Å². The molecule has 1 amide bonds. The summed E-state index contributed by atoms with van der Waals surface area (Å²) >= 11 is 0. The molecule has 0 unspecified atom stereocenters. The molecule has 3 aromatic rings. The number of carboxylic acids is 1. The van der Waals surface area contributed by atoms with Gasteiger partial charge in [0.1, 0.15) is 6.33 Å². The topological polar surface area (TPSA) is 101 Å². The number of hydrogen-bond donors (Lipinski definition) is 1. The van der Waals surface area contributed by atoms with E-state index in [9.17, 15) is 14.7 Å². The number of carbonyl (C=O) groups excluding carboxylic acids is 1. The maximum Gasteiger partial charge on any atom is 0.335 e. The molecule has 0 atom stereocenters. The molecule has 0 spiro atoms. The third kappa shape index (κ3) is 3.21. The van der Waals surface area contributed by atoms with E-state index in [4.69, 9.17) is 0 Å². The molecule has 0 fully saturated rings. The summed E-state index contributed by atoms with van der Waals surface area (Å²) in [6.07, 6.45) is 3.17. The maximum atomic E-state index is 12.8. The van der Waals surface area contributed by atoms with Gasteiger partial charge in [-0.2, -0.15) is 10.1 Å². The summed E-state index contributed by atoms with van der Waals surface area (Å²) in [7, 11) is 0. The van der Waals surface area contributed by atoms with Gasteiger partial charge in [0.25, 0.3) is 5.78 Å². The molecule has 1 aliphatic heterocycles. The normalized spacial score (nSPS) is 13.6. The van der Waals surface area contributed by atoms with E-state index in [1.807, 2.05) is 19.9 Å². The molecule has 0 saturated carbocycles. The summed E-state index contributed by atoms with van der Waals surface area (Å²) in [6, 6.07) is 5.15. The Kier molecular flexibility index (Phi) is 4.54. The minimum atomic E-state index is -0.951. The van der Waals surface area contributed by atoms with Crippen LogP contribution >= 0.6 is 0 Å². The zero-order valence-electron chi connectivity index (χ0n) is 15.8. The van der Waals surface area contributed by atoms with Gasteiger partial charge in [0.2, 0.25) is 5.91 Å². The second-order valence-electron chi connectivity index (χ2n) is 7.09. The lowest BCUT2D eigenvalue weighted by atomic mass is 9.97. The lowest BCUT2D eigenvalue weighted by Crippen LogP contribution is -2.36. The predicted octanol–water partition coefficient (Wildman–Crippen LogP) is 1.96. The number of hydrogen-bond acceptors (Lipinski definition) is 5. The first-order valence-electron chi connectivity index (χ1n) is 9.22. The monoisotopic (exact) mass is 379 g/mol. The van der Waals surface area contributed by atoms with Gasteiger partial charge in [-0.25, -0.2) is 14.3 Å². The minimum Gasteiger partial charge on any atom is -0.478 e. The van der Waals surface area contributed by atoms with Gasteiger partial charge in [-0.1, -0.05) is 6.07 Å². The van der Waals surface area contributed by atoms with Gasteiger partial charge in [-0.15, -0.1) is 0 Å². The summed E-state index contributed by atoms with van der Waals surface area (Å²) in [4.78, 5) is 34.4. The van der Waals surface area contributed by atoms with Crippen LogP contribution in [0.5, 0.6) is 0 Å². The fourth-order valence-corrected chi connectivity index (χ4v) is 3.81. The molecule has 0 saturated heterocycles. The van der Waals surface area contributed by atoms with Crippen LogP contribution in [0.3, 0.4) is 0 Å². The van der Waals surface area contributed by atoms with Gasteiger partial charge in [-0.3, -0.25) is 4.79 Å². The molecule has 8 heteroatoms. The molecule has 28 heavy (non-hydrogen) atoms. The Morgan fingerprint density at radius 2 is 2.04 bits per heavy atom. The van der Waals surface area contributed by atoms with E-state index in [-0.39, 0.29) is 11.5 Å². The molecule has 0 bridgehead atoms. The number of carbonyl (C=O) groups is 2. The second kappa shape index (κ2) is 7.03. The molecule has 144 valence electrons. The molecule has 0 aliphatic carbocycles. The standard InChI is InChI=1S/C20H21N5O3/c1-12-17(13(2)25-20(23-12)21-11-22-25)5-6-18(26)24-8-7-14-3-4-15(19(27)28)9-16(14)10-24/h3-4,9,11H,5-8,10H2,1-2H3,(H,27,28). The van der Waals surface area contributed by atoms with E-state index < -0.39 is 5.97 Å². The van der Waals surface area contributed by atoms with Crippen molar-refractivity contribution in [1.82, 2.24) is 24.5 Å². The second-order valence-corrected chi connectivity index (χ2v) is 7.09. The Hall–Kier alpha value is -3.29. The highest BCUT2D eigenvalue weighted by atomic mass is 16.4. The lowest BCUT2D eigenvalue weighted by molar-refractivity contribution is -0.132. The predicted molar refractivity (Wildman–Crippen MR) is 101 cm³/mol. The highest BCUT2D eigenvalue weighted by Gasteiger charge is 2.22. The molecular weight excluding hydrogens is 358 g/mol. The van der Waals surface area contributed by atoms with Crippen molar-refractivity contribution in [2.45, 2.75) is 39.7 Å². The van der Waals surface area contributed by atoms with Crippen LogP contribution in [0.25, 0.3) is 5.78 Å². The van der Waals surface area contributed by atoms with Crippen molar-refractivity contribution in [1.29, 1.82) is 0 Å². The van der Waals surface area contributed by atoms with Crippen molar-refractivity contribution in [3.8, 4) is 0 Å². The number of aromatic nitrogens is 4. The van der Waals surface area contributed by atoms with E-state index >= 15 is 0 Å². The molecule has 3 heterocycles. The van der Waals surface area contributed by atoms with Crippen LogP contribution in [0, 0.1) is 13.8 Å². The van der Waals surface area contributed by atoms with Crippen molar-refractivity contribution in [3.63, 3.8) is 0 Å². The van der Waals surface area contributed by atoms with Crippen molar-refractivity contribution in [2.75, 3.05) is 6.54 Å². The largest absolute Gasteiger partial charge is 0.478 e. The Bertz CT molecular complexity index is 1090. The van der Waals surface area contributed by atoms with Crippen molar-refractivity contribution in [2.24, 2.45) is 0 Å². The first kappa shape index (κ1) is 18.1. The first-order chi connectivity index (χ1) is 13.4. The molecule has 1 aromatic carbocycles. The number of aryl methyl sites for hydroxylation is 2. The number of aromatic carboxylic acids is 1. The minimum absolute atomic E-state index is 0.0591. The Morgan fingerprint density at radius 1 is 1.21 bits per heavy atom. The van der Waals surface area contributed by atoms with Crippen LogP contribution in [0.4, 0.5) is 0 Å². The molecule has 4 rings (SSSR count). The summed E-state index contributed by atoms with van der Waals surface area (Å²) in [6.45, 7) is 4.98. The van der Waals surface area contributed by atoms with Crippen molar-refractivity contribution >= 4 is 17.7 Å². The zero-order valence-corrected chi connectivity index (χ0v) is 15.8. The van der Waals surface area contributed by atoms with Gasteiger partial charge in [0.05, 0.1) is 5.56 Å². The van der Waals surface area contributed by atoms with Gasteiger partial charge in [-0.05, 0) is 55.5 Å². The summed E-state index contributed by atoms with van der Waals surface area (Å²) in [5.74, 6) is -0.330. The molecule has 2 aromatic heterocycles. The van der Waals surface area contributed by atoms with Crippen LogP contribution in [0.1, 0.15) is 44.9 Å². The van der Waals surface area contributed by atoms with Crippen LogP contribution in [0.15, 0.2) is 24.5 Å². The van der Waals surface area contributed by atoms with Crippen molar-refractivity contribution in [3.05, 3.63) is 58.2 Å². The number of nitrogens with zero attached hydrogens (tertiary/aromatic N) is 5. The number of amides is 1. The first-order valence-corrected chi connectivity index (χ1v) is 9.22. The van der Waals surface area contributed by atoms with Crippen LogP contribution in [0.2, 0.25) is 0 Å².